The summed E-state index contributed by atoms with van der Waals surface area (Å²) in [5, 5.41) is 1.45. The monoisotopic (exact) mass is 263 g/mol. The van der Waals surface area contributed by atoms with Gasteiger partial charge in [0, 0.05) is 11.8 Å². The summed E-state index contributed by atoms with van der Waals surface area (Å²) in [6.45, 7) is 4.68. The standard InChI is InChI=1S/C13H17NO2.CO2/c1-9-4-6-11(7-5-9)12-8-14(16-3)13(15)10(12)2;2-1-3/h4-7,10,12H,8H2,1-3H3;/t10-,12?;/m1./s1. The van der Waals surface area contributed by atoms with E-state index >= 15 is 0 Å². The van der Waals surface area contributed by atoms with Crippen molar-refractivity contribution in [2.75, 3.05) is 13.7 Å². The predicted molar refractivity (Wildman–Crippen MR) is 66.8 cm³/mol. The Labute approximate surface area is 112 Å². The molecule has 0 aromatic heterocycles. The Morgan fingerprint density at radius 3 is 2.21 bits per heavy atom. The molecule has 2 rings (SSSR count). The second-order valence-corrected chi connectivity index (χ2v) is 4.47. The SMILES string of the molecule is CON1CC(c2ccc(C)cc2)[C@@H](C)C1=O.O=C=O. The lowest BCUT2D eigenvalue weighted by molar-refractivity contribution is -0.191. The fourth-order valence-electron chi connectivity index (χ4n) is 2.20. The number of rotatable bonds is 2. The van der Waals surface area contributed by atoms with E-state index in [1.54, 1.807) is 7.11 Å². The van der Waals surface area contributed by atoms with Crippen LogP contribution in [0.1, 0.15) is 24.0 Å². The lowest BCUT2D eigenvalue weighted by Crippen LogP contribution is -2.25. The molecule has 1 heterocycles. The minimum absolute atomic E-state index is 0.00246. The maximum absolute atomic E-state index is 11.8. The van der Waals surface area contributed by atoms with Gasteiger partial charge in [0.1, 0.15) is 0 Å². The Hall–Kier alpha value is -1.97. The molecule has 1 aliphatic heterocycles. The van der Waals surface area contributed by atoms with Gasteiger partial charge in [0.15, 0.2) is 0 Å². The van der Waals surface area contributed by atoms with Gasteiger partial charge in [0.05, 0.1) is 13.7 Å². The zero-order valence-corrected chi connectivity index (χ0v) is 11.3. The van der Waals surface area contributed by atoms with Crippen molar-refractivity contribution in [3.05, 3.63) is 35.4 Å². The zero-order valence-electron chi connectivity index (χ0n) is 11.3. The number of amides is 1. The normalized spacial score (nSPS) is 21.6. The largest absolute Gasteiger partial charge is 0.373 e. The molecule has 1 aromatic rings. The number of aryl methyl sites for hydroxylation is 1. The highest BCUT2D eigenvalue weighted by Crippen LogP contribution is 2.33. The molecular weight excluding hydrogens is 246 g/mol. The van der Waals surface area contributed by atoms with Gasteiger partial charge in [-0.1, -0.05) is 36.8 Å². The molecule has 0 saturated carbocycles. The van der Waals surface area contributed by atoms with Crippen LogP contribution in [-0.4, -0.2) is 30.8 Å². The summed E-state index contributed by atoms with van der Waals surface area (Å²) >= 11 is 0. The molecule has 0 aliphatic carbocycles. The summed E-state index contributed by atoms with van der Waals surface area (Å²) < 4.78 is 0. The number of carbonyl (C=O) groups excluding carboxylic acids is 3. The van der Waals surface area contributed by atoms with Gasteiger partial charge in [-0.2, -0.15) is 9.59 Å². The van der Waals surface area contributed by atoms with Crippen LogP contribution in [0, 0.1) is 12.8 Å². The first-order valence-corrected chi connectivity index (χ1v) is 5.96. The Morgan fingerprint density at radius 2 is 1.79 bits per heavy atom. The first-order valence-electron chi connectivity index (χ1n) is 5.96. The molecule has 0 bridgehead atoms. The molecule has 0 radical (unpaired) electrons. The van der Waals surface area contributed by atoms with Crippen molar-refractivity contribution >= 4 is 12.1 Å². The van der Waals surface area contributed by atoms with E-state index in [0.717, 1.165) is 0 Å². The Kier molecular flexibility index (Phi) is 5.42. The molecule has 5 nitrogen and oxygen atoms in total. The van der Waals surface area contributed by atoms with Gasteiger partial charge >= 0.3 is 6.15 Å². The average Bonchev–Trinajstić information content (AvgIpc) is 2.68. The molecule has 0 spiro atoms. The quantitative estimate of drug-likeness (QED) is 0.811. The molecule has 102 valence electrons. The number of hydrogen-bond donors (Lipinski definition) is 0. The van der Waals surface area contributed by atoms with Crippen molar-refractivity contribution in [3.8, 4) is 0 Å². The molecule has 19 heavy (non-hydrogen) atoms. The van der Waals surface area contributed by atoms with Crippen LogP contribution < -0.4 is 0 Å². The molecule has 1 amide bonds. The van der Waals surface area contributed by atoms with E-state index in [0.29, 0.717) is 6.54 Å². The van der Waals surface area contributed by atoms with Gasteiger partial charge < -0.3 is 0 Å². The minimum atomic E-state index is 0.00246. The maximum Gasteiger partial charge on any atom is 0.373 e. The lowest BCUT2D eigenvalue weighted by atomic mass is 9.90. The fraction of sp³-hybridized carbons (Fsp3) is 0.429. The van der Waals surface area contributed by atoms with E-state index in [1.807, 2.05) is 6.92 Å². The number of nitrogens with zero attached hydrogens (tertiary/aromatic N) is 1. The maximum atomic E-state index is 11.8. The van der Waals surface area contributed by atoms with Crippen molar-refractivity contribution in [1.82, 2.24) is 5.06 Å². The highest BCUT2D eigenvalue weighted by atomic mass is 16.7. The summed E-state index contributed by atoms with van der Waals surface area (Å²) in [6, 6.07) is 8.37. The van der Waals surface area contributed by atoms with Crippen LogP contribution in [0.5, 0.6) is 0 Å². The van der Waals surface area contributed by atoms with Gasteiger partial charge in [-0.3, -0.25) is 9.63 Å². The average molecular weight is 263 g/mol. The second-order valence-electron chi connectivity index (χ2n) is 4.47. The third kappa shape index (κ3) is 3.50. The van der Waals surface area contributed by atoms with E-state index in [9.17, 15) is 4.79 Å². The van der Waals surface area contributed by atoms with Gasteiger partial charge in [-0.15, -0.1) is 0 Å². The van der Waals surface area contributed by atoms with E-state index in [1.165, 1.54) is 16.2 Å². The predicted octanol–water partition coefficient (Wildman–Crippen LogP) is 1.53. The summed E-state index contributed by atoms with van der Waals surface area (Å²) in [6.07, 6.45) is 0.250. The first kappa shape index (κ1) is 15.1. The minimum Gasteiger partial charge on any atom is -0.274 e. The Morgan fingerprint density at radius 1 is 1.26 bits per heavy atom. The molecule has 0 N–H and O–H groups in total. The number of benzene rings is 1. The molecular formula is C14H17NO4. The molecule has 1 aliphatic rings. The van der Waals surface area contributed by atoms with E-state index < -0.39 is 0 Å². The van der Waals surface area contributed by atoms with Crippen molar-refractivity contribution in [1.29, 1.82) is 0 Å². The van der Waals surface area contributed by atoms with E-state index in [-0.39, 0.29) is 23.9 Å². The topological polar surface area (TPSA) is 63.7 Å². The van der Waals surface area contributed by atoms with Crippen LogP contribution in [0.3, 0.4) is 0 Å². The second kappa shape index (κ2) is 6.83. The van der Waals surface area contributed by atoms with Crippen LogP contribution in [0.4, 0.5) is 0 Å². The number of hydrogen-bond acceptors (Lipinski definition) is 4. The lowest BCUT2D eigenvalue weighted by Gasteiger charge is -2.13. The zero-order chi connectivity index (χ0) is 14.4. The van der Waals surface area contributed by atoms with E-state index in [4.69, 9.17) is 14.4 Å². The highest BCUT2D eigenvalue weighted by Gasteiger charge is 2.38. The third-order valence-electron chi connectivity index (χ3n) is 3.33. The molecule has 1 fully saturated rings. The highest BCUT2D eigenvalue weighted by molar-refractivity contribution is 5.81. The molecule has 1 unspecified atom stereocenters. The van der Waals surface area contributed by atoms with Crippen LogP contribution in [-0.2, 0) is 19.2 Å². The van der Waals surface area contributed by atoms with Crippen LogP contribution >= 0.6 is 0 Å². The number of carbonyl (C=O) groups is 1. The van der Waals surface area contributed by atoms with Gasteiger partial charge in [0.2, 0.25) is 5.91 Å². The van der Waals surface area contributed by atoms with Crippen LogP contribution in [0.2, 0.25) is 0 Å². The van der Waals surface area contributed by atoms with Crippen molar-refractivity contribution < 1.29 is 19.2 Å². The van der Waals surface area contributed by atoms with Crippen molar-refractivity contribution in [2.45, 2.75) is 19.8 Å². The molecule has 2 atom stereocenters. The first-order chi connectivity index (χ1) is 9.04. The smallest absolute Gasteiger partial charge is 0.274 e. The third-order valence-corrected chi connectivity index (χ3v) is 3.33. The molecule has 5 heteroatoms. The summed E-state index contributed by atoms with van der Waals surface area (Å²) in [5.41, 5.74) is 2.45. The van der Waals surface area contributed by atoms with Crippen molar-refractivity contribution in [2.24, 2.45) is 5.92 Å². The van der Waals surface area contributed by atoms with Crippen LogP contribution in [0.15, 0.2) is 24.3 Å². The molecule has 1 aromatic carbocycles. The van der Waals surface area contributed by atoms with Gasteiger partial charge in [-0.25, -0.2) is 5.06 Å². The summed E-state index contributed by atoms with van der Waals surface area (Å²) in [4.78, 5) is 33.1. The Bertz CT molecular complexity index is 463. The van der Waals surface area contributed by atoms with Gasteiger partial charge in [0.25, 0.3) is 0 Å². The van der Waals surface area contributed by atoms with Crippen LogP contribution in [0.25, 0.3) is 0 Å². The fourth-order valence-corrected chi connectivity index (χ4v) is 2.20. The van der Waals surface area contributed by atoms with E-state index in [2.05, 4.69) is 31.2 Å². The summed E-state index contributed by atoms with van der Waals surface area (Å²) in [5.74, 6) is 0.323. The molecule has 1 saturated heterocycles. The van der Waals surface area contributed by atoms with Gasteiger partial charge in [-0.05, 0) is 12.5 Å². The Balaban J connectivity index is 0.000000550. The summed E-state index contributed by atoms with van der Waals surface area (Å²) in [7, 11) is 1.54. The number of hydroxylamine groups is 2. The van der Waals surface area contributed by atoms with Crippen molar-refractivity contribution in [3.63, 3.8) is 0 Å².